The Bertz CT molecular complexity index is 762. The summed E-state index contributed by atoms with van der Waals surface area (Å²) in [6, 6.07) is 3.61. The van der Waals surface area contributed by atoms with Crippen LogP contribution in [0, 0.1) is 26.2 Å². The number of nitrogens with one attached hydrogen (secondary N) is 2. The van der Waals surface area contributed by atoms with Crippen LogP contribution in [0.5, 0.6) is 0 Å². The van der Waals surface area contributed by atoms with Gasteiger partial charge in [-0.3, -0.25) is 9.59 Å². The minimum Gasteiger partial charge on any atom is -0.481 e. The number of carbonyl (C=O) groups excluding carboxylic acids is 1. The molecule has 3 N–H and O–H groups in total. The van der Waals surface area contributed by atoms with Crippen molar-refractivity contribution >= 4 is 21.9 Å². The number of rotatable bonds is 9. The Morgan fingerprint density at radius 1 is 1.08 bits per heavy atom. The van der Waals surface area contributed by atoms with Crippen molar-refractivity contribution in [1.29, 1.82) is 0 Å². The maximum atomic E-state index is 12.5. The number of amides is 1. The minimum atomic E-state index is -3.70. The Morgan fingerprint density at radius 3 is 2.12 bits per heavy atom. The van der Waals surface area contributed by atoms with Gasteiger partial charge in [0.2, 0.25) is 15.9 Å². The van der Waals surface area contributed by atoms with Crippen LogP contribution in [0.1, 0.15) is 43.4 Å². The molecule has 0 atom stereocenters. The highest BCUT2D eigenvalue weighted by atomic mass is 32.2. The predicted octanol–water partition coefficient (Wildman–Crippen LogP) is 1.90. The average molecular weight is 384 g/mol. The Kier molecular flexibility index (Phi) is 7.35. The van der Waals surface area contributed by atoms with Crippen molar-refractivity contribution < 1.29 is 23.1 Å². The van der Waals surface area contributed by atoms with E-state index in [1.807, 2.05) is 6.92 Å². The van der Waals surface area contributed by atoms with Gasteiger partial charge in [0.25, 0.3) is 0 Å². The largest absolute Gasteiger partial charge is 0.481 e. The third-order valence-electron chi connectivity index (χ3n) is 4.17. The topological polar surface area (TPSA) is 113 Å². The van der Waals surface area contributed by atoms with Gasteiger partial charge in [-0.15, -0.1) is 0 Å². The van der Waals surface area contributed by atoms with Gasteiger partial charge >= 0.3 is 5.97 Å². The van der Waals surface area contributed by atoms with Gasteiger partial charge in [0.1, 0.15) is 0 Å². The molecule has 0 bridgehead atoms. The smallest absolute Gasteiger partial charge is 0.309 e. The molecule has 0 aliphatic heterocycles. The van der Waals surface area contributed by atoms with Crippen LogP contribution in [0.3, 0.4) is 0 Å². The average Bonchev–Trinajstić information content (AvgIpc) is 2.44. The molecule has 0 heterocycles. The van der Waals surface area contributed by atoms with Crippen LogP contribution in [0.15, 0.2) is 17.0 Å². The lowest BCUT2D eigenvalue weighted by Crippen LogP contribution is -2.34. The van der Waals surface area contributed by atoms with Crippen LogP contribution in [-0.2, 0) is 19.6 Å². The molecule has 0 saturated heterocycles. The highest BCUT2D eigenvalue weighted by Gasteiger charge is 2.26. The third kappa shape index (κ3) is 6.10. The first kappa shape index (κ1) is 22.1. The lowest BCUT2D eigenvalue weighted by Gasteiger charge is -2.19. The molecule has 1 aromatic carbocycles. The van der Waals surface area contributed by atoms with E-state index in [2.05, 4.69) is 10.0 Å². The van der Waals surface area contributed by atoms with Crippen molar-refractivity contribution in [3.63, 3.8) is 0 Å². The van der Waals surface area contributed by atoms with Gasteiger partial charge in [0, 0.05) is 19.5 Å². The molecule has 7 nitrogen and oxygen atoms in total. The predicted molar refractivity (Wildman–Crippen MR) is 99.5 cm³/mol. The maximum absolute atomic E-state index is 12.5. The lowest BCUT2D eigenvalue weighted by atomic mass is 9.90. The number of aliphatic carboxylic acids is 1. The van der Waals surface area contributed by atoms with Crippen LogP contribution in [0.2, 0.25) is 0 Å². The minimum absolute atomic E-state index is 0.0172. The van der Waals surface area contributed by atoms with Crippen LogP contribution < -0.4 is 10.0 Å². The van der Waals surface area contributed by atoms with Gasteiger partial charge in [-0.2, -0.15) is 0 Å². The molecule has 0 aliphatic carbocycles. The van der Waals surface area contributed by atoms with Crippen molar-refractivity contribution in [3.05, 3.63) is 28.8 Å². The molecule has 8 heteroatoms. The first-order chi connectivity index (χ1) is 11.9. The van der Waals surface area contributed by atoms with Crippen LogP contribution >= 0.6 is 0 Å². The Morgan fingerprint density at radius 2 is 1.62 bits per heavy atom. The lowest BCUT2D eigenvalue weighted by molar-refractivity contribution is -0.147. The van der Waals surface area contributed by atoms with Gasteiger partial charge in [-0.25, -0.2) is 13.1 Å². The first-order valence-electron chi connectivity index (χ1n) is 8.44. The number of hydrogen-bond acceptors (Lipinski definition) is 4. The summed E-state index contributed by atoms with van der Waals surface area (Å²) < 4.78 is 27.4. The molecule has 0 fully saturated rings. The molecular formula is C18H28N2O5S. The highest BCUT2D eigenvalue weighted by Crippen LogP contribution is 2.21. The van der Waals surface area contributed by atoms with Gasteiger partial charge < -0.3 is 10.4 Å². The summed E-state index contributed by atoms with van der Waals surface area (Å²) in [5, 5.41) is 11.6. The standard InChI is InChI=1S/C18H28N2O5S/c1-12-10-13(2)16(14(3)11-12)26(24,25)20-8-6-15(21)19-9-7-18(4,5)17(22)23/h10-11,20H,6-9H2,1-5H3,(H,19,21)(H,22,23). The van der Waals surface area contributed by atoms with E-state index in [1.165, 1.54) is 0 Å². The van der Waals surface area contributed by atoms with E-state index in [9.17, 15) is 18.0 Å². The molecular weight excluding hydrogens is 356 g/mol. The second-order valence-electron chi connectivity index (χ2n) is 7.16. The fourth-order valence-electron chi connectivity index (χ4n) is 2.67. The highest BCUT2D eigenvalue weighted by molar-refractivity contribution is 7.89. The summed E-state index contributed by atoms with van der Waals surface area (Å²) in [4.78, 5) is 23.0. The number of hydrogen-bond donors (Lipinski definition) is 3. The molecule has 0 aromatic heterocycles. The molecule has 0 aliphatic rings. The number of carbonyl (C=O) groups is 2. The fourth-order valence-corrected chi connectivity index (χ4v) is 4.15. The maximum Gasteiger partial charge on any atom is 0.309 e. The summed E-state index contributed by atoms with van der Waals surface area (Å²) >= 11 is 0. The Labute approximate surface area is 155 Å². The van der Waals surface area contributed by atoms with E-state index in [-0.39, 0.29) is 30.3 Å². The fraction of sp³-hybridized carbons (Fsp3) is 0.556. The summed E-state index contributed by atoms with van der Waals surface area (Å²) in [5.41, 5.74) is 1.39. The molecule has 0 unspecified atom stereocenters. The van der Waals surface area contributed by atoms with Crippen molar-refractivity contribution in [2.75, 3.05) is 13.1 Å². The van der Waals surface area contributed by atoms with Gasteiger partial charge in [0.05, 0.1) is 10.3 Å². The van der Waals surface area contributed by atoms with Crippen molar-refractivity contribution in [2.45, 2.75) is 52.4 Å². The van der Waals surface area contributed by atoms with Crippen LogP contribution in [0.25, 0.3) is 0 Å². The second kappa shape index (κ2) is 8.64. The molecule has 0 radical (unpaired) electrons. The van der Waals surface area contributed by atoms with Crippen molar-refractivity contribution in [2.24, 2.45) is 5.41 Å². The quantitative estimate of drug-likeness (QED) is 0.602. The van der Waals surface area contributed by atoms with Gasteiger partial charge in [-0.1, -0.05) is 17.7 Å². The Balaban J connectivity index is 2.55. The Hall–Kier alpha value is -1.93. The summed E-state index contributed by atoms with van der Waals surface area (Å²) in [6.45, 7) is 8.75. The first-order valence-corrected chi connectivity index (χ1v) is 9.93. The zero-order valence-corrected chi connectivity index (χ0v) is 16.8. The molecule has 146 valence electrons. The molecule has 1 aromatic rings. The number of aryl methyl sites for hydroxylation is 3. The van der Waals surface area contributed by atoms with E-state index in [1.54, 1.807) is 39.8 Å². The third-order valence-corrected chi connectivity index (χ3v) is 5.93. The molecule has 0 saturated carbocycles. The monoisotopic (exact) mass is 384 g/mol. The number of carboxylic acids is 1. The van der Waals surface area contributed by atoms with Crippen LogP contribution in [-0.4, -0.2) is 38.5 Å². The SMILES string of the molecule is Cc1cc(C)c(S(=O)(=O)NCCC(=O)NCCC(C)(C)C(=O)O)c(C)c1. The second-order valence-corrected chi connectivity index (χ2v) is 8.87. The molecule has 1 rings (SSSR count). The zero-order valence-electron chi connectivity index (χ0n) is 16.0. The summed E-state index contributed by atoms with van der Waals surface area (Å²) in [5.74, 6) is -1.26. The van der Waals surface area contributed by atoms with Crippen molar-refractivity contribution in [1.82, 2.24) is 10.0 Å². The molecule has 26 heavy (non-hydrogen) atoms. The number of benzene rings is 1. The zero-order chi connectivity index (χ0) is 20.1. The molecule has 0 spiro atoms. The number of carboxylic acid groups (broad SMARTS) is 1. The van der Waals surface area contributed by atoms with Crippen LogP contribution in [0.4, 0.5) is 0 Å². The van der Waals surface area contributed by atoms with E-state index in [4.69, 9.17) is 5.11 Å². The summed E-state index contributed by atoms with van der Waals surface area (Å²) in [6.07, 6.45) is 0.276. The van der Waals surface area contributed by atoms with Gasteiger partial charge in [0.15, 0.2) is 0 Å². The normalized spacial score (nSPS) is 12.0. The number of sulfonamides is 1. The van der Waals surface area contributed by atoms with E-state index >= 15 is 0 Å². The van der Waals surface area contributed by atoms with E-state index in [0.717, 1.165) is 5.56 Å². The summed E-state index contributed by atoms with van der Waals surface area (Å²) in [7, 11) is -3.70. The van der Waals surface area contributed by atoms with Gasteiger partial charge in [-0.05, 0) is 52.2 Å². The van der Waals surface area contributed by atoms with E-state index in [0.29, 0.717) is 17.5 Å². The molecule has 1 amide bonds. The van der Waals surface area contributed by atoms with Crippen molar-refractivity contribution in [3.8, 4) is 0 Å². The van der Waals surface area contributed by atoms with E-state index < -0.39 is 21.4 Å².